The molecule has 0 N–H and O–H groups in total. The summed E-state index contributed by atoms with van der Waals surface area (Å²) in [6.07, 6.45) is 4.87. The SMILES string of the molecule is C#CCO[P+](=O)N1C(=O)CN(C)C1=O. The number of hydrogen-bond acceptors (Lipinski definition) is 4. The van der Waals surface area contributed by atoms with Crippen molar-refractivity contribution in [2.45, 2.75) is 0 Å². The summed E-state index contributed by atoms with van der Waals surface area (Å²) in [4.78, 5) is 23.5. The van der Waals surface area contributed by atoms with Crippen LogP contribution in [0, 0.1) is 12.3 Å². The topological polar surface area (TPSA) is 66.9 Å². The number of terminal acetylenes is 1. The Labute approximate surface area is 81.7 Å². The van der Waals surface area contributed by atoms with Crippen molar-refractivity contribution in [1.82, 2.24) is 9.57 Å². The fourth-order valence-electron chi connectivity index (χ4n) is 0.917. The number of rotatable bonds is 3. The molecule has 74 valence electrons. The number of hydrogen-bond donors (Lipinski definition) is 0. The Hall–Kier alpha value is -1.44. The van der Waals surface area contributed by atoms with E-state index in [0.717, 1.165) is 4.90 Å². The van der Waals surface area contributed by atoms with E-state index in [0.29, 0.717) is 4.67 Å². The molecular formula is C7H8N2O4P+. The predicted octanol–water partition coefficient (Wildman–Crippen LogP) is 0.188. The molecule has 1 unspecified atom stereocenters. The summed E-state index contributed by atoms with van der Waals surface area (Å²) in [6.45, 7) is -0.282. The van der Waals surface area contributed by atoms with E-state index in [2.05, 4.69) is 10.4 Å². The number of likely N-dealkylation sites (N-methyl/N-ethyl adjacent to an activating group) is 1. The van der Waals surface area contributed by atoms with Gasteiger partial charge < -0.3 is 4.90 Å². The van der Waals surface area contributed by atoms with Crippen molar-refractivity contribution < 1.29 is 18.7 Å². The Morgan fingerprint density at radius 2 is 2.29 bits per heavy atom. The van der Waals surface area contributed by atoms with Gasteiger partial charge in [-0.2, -0.15) is 0 Å². The van der Waals surface area contributed by atoms with Gasteiger partial charge in [0.25, 0.3) is 5.91 Å². The summed E-state index contributed by atoms with van der Waals surface area (Å²) in [6, 6.07) is -0.631. The molecule has 1 aliphatic rings. The molecule has 3 amide bonds. The molecule has 0 bridgehead atoms. The van der Waals surface area contributed by atoms with E-state index >= 15 is 0 Å². The summed E-state index contributed by atoms with van der Waals surface area (Å²) in [5.41, 5.74) is 0. The largest absolute Gasteiger partial charge is 0.659 e. The minimum absolute atomic E-state index is 0.0840. The minimum Gasteiger partial charge on any atom is -0.315 e. The third-order valence-corrected chi connectivity index (χ3v) is 2.61. The zero-order valence-electron chi connectivity index (χ0n) is 7.47. The fraction of sp³-hybridized carbons (Fsp3) is 0.429. The van der Waals surface area contributed by atoms with Gasteiger partial charge >= 0.3 is 14.2 Å². The van der Waals surface area contributed by atoms with Crippen LogP contribution in [0.1, 0.15) is 0 Å². The first-order valence-electron chi connectivity index (χ1n) is 3.69. The zero-order valence-corrected chi connectivity index (χ0v) is 8.36. The van der Waals surface area contributed by atoms with E-state index in [-0.39, 0.29) is 13.2 Å². The second-order valence-corrected chi connectivity index (χ2v) is 3.69. The number of urea groups is 1. The van der Waals surface area contributed by atoms with Crippen LogP contribution in [0.15, 0.2) is 0 Å². The third kappa shape index (κ3) is 1.90. The Kier molecular flexibility index (Phi) is 3.18. The van der Waals surface area contributed by atoms with E-state index in [4.69, 9.17) is 6.42 Å². The van der Waals surface area contributed by atoms with Gasteiger partial charge in [0.2, 0.25) is 0 Å². The molecule has 0 spiro atoms. The first-order valence-corrected chi connectivity index (χ1v) is 4.82. The summed E-state index contributed by atoms with van der Waals surface area (Å²) in [5.74, 6) is 1.55. The molecule has 0 saturated carbocycles. The molecular weight excluding hydrogens is 207 g/mol. The van der Waals surface area contributed by atoms with Crippen LogP contribution in [0.5, 0.6) is 0 Å². The van der Waals surface area contributed by atoms with Crippen LogP contribution < -0.4 is 0 Å². The lowest BCUT2D eigenvalue weighted by Crippen LogP contribution is -2.25. The van der Waals surface area contributed by atoms with Crippen molar-refractivity contribution >= 4 is 20.1 Å². The average Bonchev–Trinajstić information content (AvgIpc) is 2.38. The highest BCUT2D eigenvalue weighted by atomic mass is 31.1. The first kappa shape index (κ1) is 10.6. The summed E-state index contributed by atoms with van der Waals surface area (Å²) in [7, 11) is -1.06. The number of carbonyl (C=O) groups excluding carboxylic acids is 2. The van der Waals surface area contributed by atoms with Gasteiger partial charge in [-0.3, -0.25) is 4.79 Å². The highest BCUT2D eigenvalue weighted by molar-refractivity contribution is 7.38. The zero-order chi connectivity index (χ0) is 10.7. The molecule has 7 heteroatoms. The summed E-state index contributed by atoms with van der Waals surface area (Å²) in [5, 5.41) is 0. The maximum atomic E-state index is 11.3. The van der Waals surface area contributed by atoms with E-state index in [9.17, 15) is 14.2 Å². The molecule has 0 aromatic heterocycles. The highest BCUT2D eigenvalue weighted by Gasteiger charge is 2.49. The van der Waals surface area contributed by atoms with Crippen LogP contribution in [-0.2, 0) is 13.9 Å². The van der Waals surface area contributed by atoms with Crippen LogP contribution >= 0.6 is 8.18 Å². The minimum atomic E-state index is -2.49. The molecule has 0 aromatic carbocycles. The van der Waals surface area contributed by atoms with Gasteiger partial charge in [0.1, 0.15) is 6.54 Å². The summed E-state index contributed by atoms with van der Waals surface area (Å²) >= 11 is 0. The van der Waals surface area contributed by atoms with Crippen LogP contribution in [0.25, 0.3) is 0 Å². The molecule has 1 aliphatic heterocycles. The molecule has 14 heavy (non-hydrogen) atoms. The maximum Gasteiger partial charge on any atom is 0.659 e. The van der Waals surface area contributed by atoms with Gasteiger partial charge in [0, 0.05) is 11.6 Å². The first-order chi connectivity index (χ1) is 6.57. The van der Waals surface area contributed by atoms with Gasteiger partial charge in [-0.05, 0) is 4.67 Å². The second kappa shape index (κ2) is 4.18. The molecule has 0 aliphatic carbocycles. The molecule has 1 fully saturated rings. The van der Waals surface area contributed by atoms with E-state index in [1.165, 1.54) is 7.05 Å². The van der Waals surface area contributed by atoms with Crippen LogP contribution in [0.3, 0.4) is 0 Å². The van der Waals surface area contributed by atoms with Gasteiger partial charge in [0.05, 0.1) is 0 Å². The third-order valence-electron chi connectivity index (χ3n) is 1.54. The van der Waals surface area contributed by atoms with Crippen molar-refractivity contribution in [3.63, 3.8) is 0 Å². The molecule has 1 atom stereocenters. The van der Waals surface area contributed by atoms with Crippen molar-refractivity contribution in [3.8, 4) is 12.3 Å². The quantitative estimate of drug-likeness (QED) is 0.383. The van der Waals surface area contributed by atoms with Crippen LogP contribution in [-0.4, -0.2) is 41.7 Å². The van der Waals surface area contributed by atoms with Crippen molar-refractivity contribution in [2.75, 3.05) is 20.2 Å². The molecule has 1 rings (SSSR count). The van der Waals surface area contributed by atoms with Gasteiger partial charge in [-0.25, -0.2) is 4.79 Å². The Morgan fingerprint density at radius 1 is 1.64 bits per heavy atom. The number of amides is 3. The number of nitrogens with zero attached hydrogens (tertiary/aromatic N) is 2. The van der Waals surface area contributed by atoms with E-state index in [1.54, 1.807) is 0 Å². The fourth-order valence-corrected chi connectivity index (χ4v) is 1.76. The van der Waals surface area contributed by atoms with Crippen LogP contribution in [0.4, 0.5) is 4.79 Å². The van der Waals surface area contributed by atoms with Crippen molar-refractivity contribution in [2.24, 2.45) is 0 Å². The monoisotopic (exact) mass is 215 g/mol. The predicted molar refractivity (Wildman–Crippen MR) is 47.3 cm³/mol. The number of carbonyl (C=O) groups is 2. The lowest BCUT2D eigenvalue weighted by Gasteiger charge is -2.01. The Bertz CT molecular complexity index is 335. The molecule has 6 nitrogen and oxygen atoms in total. The average molecular weight is 215 g/mol. The lowest BCUT2D eigenvalue weighted by molar-refractivity contribution is -0.122. The lowest BCUT2D eigenvalue weighted by atomic mass is 10.6. The molecule has 0 aromatic rings. The standard InChI is InChI=1S/C7H8N2O4P/c1-3-4-13-14(12)9-6(10)5-8(2)7(9)11/h1H,4-5H2,2H3/q+1. The van der Waals surface area contributed by atoms with Gasteiger partial charge in [-0.15, -0.1) is 10.9 Å². The molecule has 1 heterocycles. The highest BCUT2D eigenvalue weighted by Crippen LogP contribution is 2.32. The van der Waals surface area contributed by atoms with Crippen LogP contribution in [0.2, 0.25) is 0 Å². The van der Waals surface area contributed by atoms with E-state index in [1.807, 2.05) is 0 Å². The van der Waals surface area contributed by atoms with Crippen molar-refractivity contribution in [1.29, 1.82) is 0 Å². The smallest absolute Gasteiger partial charge is 0.315 e. The van der Waals surface area contributed by atoms with Crippen molar-refractivity contribution in [3.05, 3.63) is 0 Å². The molecule has 1 saturated heterocycles. The summed E-state index contributed by atoms with van der Waals surface area (Å²) < 4.78 is 16.4. The Morgan fingerprint density at radius 3 is 2.71 bits per heavy atom. The maximum absolute atomic E-state index is 11.3. The second-order valence-electron chi connectivity index (χ2n) is 2.56. The van der Waals surface area contributed by atoms with E-state index < -0.39 is 20.1 Å². The van der Waals surface area contributed by atoms with Gasteiger partial charge in [-0.1, -0.05) is 5.92 Å². The Balaban J connectivity index is 2.69. The van der Waals surface area contributed by atoms with Gasteiger partial charge in [0.15, 0.2) is 6.61 Å². The number of imide groups is 1. The normalized spacial score (nSPS) is 17.3. The molecule has 0 radical (unpaired) electrons.